The zero-order chi connectivity index (χ0) is 9.19. The Kier molecular flexibility index (Phi) is 2.96. The van der Waals surface area contributed by atoms with Crippen molar-refractivity contribution < 1.29 is 4.42 Å². The molecule has 0 saturated carbocycles. The summed E-state index contributed by atoms with van der Waals surface area (Å²) >= 11 is 3.26. The minimum Gasteiger partial charge on any atom is -0.454 e. The lowest BCUT2D eigenvalue weighted by atomic mass is 9.88. The highest BCUT2D eigenvalue weighted by Gasteiger charge is 2.17. The quantitative estimate of drug-likeness (QED) is 0.869. The van der Waals surface area contributed by atoms with Gasteiger partial charge in [0.15, 0.2) is 4.67 Å². The zero-order valence-electron chi connectivity index (χ0n) is 7.43. The van der Waals surface area contributed by atoms with Gasteiger partial charge in [-0.2, -0.15) is 0 Å². The molecule has 1 aromatic rings. The van der Waals surface area contributed by atoms with E-state index in [-0.39, 0.29) is 5.41 Å². The molecule has 0 fully saturated rings. The van der Waals surface area contributed by atoms with Gasteiger partial charge in [-0.05, 0) is 40.0 Å². The first kappa shape index (κ1) is 9.81. The van der Waals surface area contributed by atoms with Gasteiger partial charge < -0.3 is 10.2 Å². The first-order chi connectivity index (χ1) is 5.53. The van der Waals surface area contributed by atoms with Crippen molar-refractivity contribution >= 4 is 15.9 Å². The third kappa shape index (κ3) is 2.64. The number of furan rings is 1. The van der Waals surface area contributed by atoms with Crippen LogP contribution in [0, 0.1) is 5.41 Å². The van der Waals surface area contributed by atoms with Crippen molar-refractivity contribution in [2.24, 2.45) is 11.1 Å². The summed E-state index contributed by atoms with van der Waals surface area (Å²) in [4.78, 5) is 0. The second-order valence-corrected chi connectivity index (χ2v) is 4.53. The largest absolute Gasteiger partial charge is 0.454 e. The molecular weight excluding hydrogens is 218 g/mol. The predicted molar refractivity (Wildman–Crippen MR) is 52.9 cm³/mol. The van der Waals surface area contributed by atoms with Crippen LogP contribution < -0.4 is 5.73 Å². The summed E-state index contributed by atoms with van der Waals surface area (Å²) in [5.74, 6) is 0.984. The van der Waals surface area contributed by atoms with Crippen LogP contribution in [0.4, 0.5) is 0 Å². The molecule has 0 spiro atoms. The van der Waals surface area contributed by atoms with E-state index >= 15 is 0 Å². The fourth-order valence-electron chi connectivity index (χ4n) is 0.991. The summed E-state index contributed by atoms with van der Waals surface area (Å²) in [6, 6.07) is 3.88. The highest BCUT2D eigenvalue weighted by atomic mass is 79.9. The van der Waals surface area contributed by atoms with E-state index in [1.54, 1.807) is 0 Å². The van der Waals surface area contributed by atoms with Crippen molar-refractivity contribution in [3.8, 4) is 0 Å². The molecule has 0 atom stereocenters. The summed E-state index contributed by atoms with van der Waals surface area (Å²) in [7, 11) is 0. The predicted octanol–water partition coefficient (Wildman–Crippen LogP) is 2.57. The second kappa shape index (κ2) is 3.62. The molecule has 68 valence electrons. The molecule has 1 rings (SSSR count). The number of hydrogen-bond donors (Lipinski definition) is 1. The summed E-state index contributed by atoms with van der Waals surface area (Å²) < 4.78 is 6.16. The SMILES string of the molecule is CC(C)(CN)Cc1ccc(Br)o1. The van der Waals surface area contributed by atoms with Crippen LogP contribution in [0.25, 0.3) is 0 Å². The average Bonchev–Trinajstić information content (AvgIpc) is 2.35. The maximum atomic E-state index is 5.61. The van der Waals surface area contributed by atoms with Crippen molar-refractivity contribution in [1.82, 2.24) is 0 Å². The number of rotatable bonds is 3. The Morgan fingerprint density at radius 2 is 2.17 bits per heavy atom. The highest BCUT2D eigenvalue weighted by molar-refractivity contribution is 9.10. The molecule has 0 aliphatic carbocycles. The maximum Gasteiger partial charge on any atom is 0.169 e. The van der Waals surface area contributed by atoms with Crippen LogP contribution in [-0.4, -0.2) is 6.54 Å². The third-order valence-electron chi connectivity index (χ3n) is 1.83. The van der Waals surface area contributed by atoms with E-state index in [9.17, 15) is 0 Å². The second-order valence-electron chi connectivity index (χ2n) is 3.75. The van der Waals surface area contributed by atoms with Crippen LogP contribution in [0.2, 0.25) is 0 Å². The molecule has 0 radical (unpaired) electrons. The van der Waals surface area contributed by atoms with E-state index in [1.807, 2.05) is 12.1 Å². The standard InChI is InChI=1S/C9H14BrNO/c1-9(2,6-11)5-7-3-4-8(10)12-7/h3-4H,5-6,11H2,1-2H3. The van der Waals surface area contributed by atoms with Crippen LogP contribution in [-0.2, 0) is 6.42 Å². The minimum absolute atomic E-state index is 0.122. The van der Waals surface area contributed by atoms with Gasteiger partial charge in [-0.15, -0.1) is 0 Å². The van der Waals surface area contributed by atoms with Gasteiger partial charge in [-0.25, -0.2) is 0 Å². The number of halogens is 1. The smallest absolute Gasteiger partial charge is 0.169 e. The van der Waals surface area contributed by atoms with Crippen molar-refractivity contribution in [3.05, 3.63) is 22.6 Å². The van der Waals surface area contributed by atoms with Crippen molar-refractivity contribution in [2.45, 2.75) is 20.3 Å². The zero-order valence-corrected chi connectivity index (χ0v) is 9.02. The van der Waals surface area contributed by atoms with Gasteiger partial charge in [0.25, 0.3) is 0 Å². The summed E-state index contributed by atoms with van der Waals surface area (Å²) in [6.45, 7) is 4.93. The van der Waals surface area contributed by atoms with Crippen LogP contribution in [0.5, 0.6) is 0 Å². The van der Waals surface area contributed by atoms with Crippen LogP contribution in [0.3, 0.4) is 0 Å². The van der Waals surface area contributed by atoms with Crippen molar-refractivity contribution in [3.63, 3.8) is 0 Å². The van der Waals surface area contributed by atoms with Crippen LogP contribution in [0.15, 0.2) is 21.2 Å². The Morgan fingerprint density at radius 3 is 2.58 bits per heavy atom. The first-order valence-electron chi connectivity index (χ1n) is 3.98. The molecule has 1 heterocycles. The molecule has 0 aromatic carbocycles. The lowest BCUT2D eigenvalue weighted by molar-refractivity contribution is 0.335. The molecule has 0 unspecified atom stereocenters. The van der Waals surface area contributed by atoms with Gasteiger partial charge in [0.1, 0.15) is 5.76 Å². The Morgan fingerprint density at radius 1 is 1.50 bits per heavy atom. The van der Waals surface area contributed by atoms with Gasteiger partial charge in [-0.1, -0.05) is 13.8 Å². The minimum atomic E-state index is 0.122. The molecule has 0 amide bonds. The molecule has 0 aliphatic rings. The fourth-order valence-corrected chi connectivity index (χ4v) is 1.33. The Bertz CT molecular complexity index is 255. The lowest BCUT2D eigenvalue weighted by Gasteiger charge is -2.20. The van der Waals surface area contributed by atoms with E-state index < -0.39 is 0 Å². The monoisotopic (exact) mass is 231 g/mol. The van der Waals surface area contributed by atoms with Crippen molar-refractivity contribution in [1.29, 1.82) is 0 Å². The lowest BCUT2D eigenvalue weighted by Crippen LogP contribution is -2.25. The van der Waals surface area contributed by atoms with Crippen molar-refractivity contribution in [2.75, 3.05) is 6.54 Å². The third-order valence-corrected chi connectivity index (χ3v) is 2.26. The normalized spacial score (nSPS) is 12.0. The number of nitrogens with two attached hydrogens (primary N) is 1. The fraction of sp³-hybridized carbons (Fsp3) is 0.556. The summed E-state index contributed by atoms with van der Waals surface area (Å²) in [5.41, 5.74) is 5.73. The molecule has 12 heavy (non-hydrogen) atoms. The topological polar surface area (TPSA) is 39.2 Å². The molecule has 0 bridgehead atoms. The molecular formula is C9H14BrNO. The molecule has 2 N–H and O–H groups in total. The average molecular weight is 232 g/mol. The Balaban J connectivity index is 2.63. The van der Waals surface area contributed by atoms with Crippen LogP contribution >= 0.6 is 15.9 Å². The highest BCUT2D eigenvalue weighted by Crippen LogP contribution is 2.23. The van der Waals surface area contributed by atoms with Gasteiger partial charge >= 0.3 is 0 Å². The van der Waals surface area contributed by atoms with E-state index in [1.165, 1.54) is 0 Å². The Hall–Kier alpha value is -0.280. The molecule has 0 saturated heterocycles. The van der Waals surface area contributed by atoms with E-state index in [2.05, 4.69) is 29.8 Å². The number of hydrogen-bond acceptors (Lipinski definition) is 2. The molecule has 0 aliphatic heterocycles. The van der Waals surface area contributed by atoms with E-state index in [0.29, 0.717) is 6.54 Å². The van der Waals surface area contributed by atoms with E-state index in [4.69, 9.17) is 10.2 Å². The van der Waals surface area contributed by atoms with Gasteiger partial charge in [-0.3, -0.25) is 0 Å². The summed E-state index contributed by atoms with van der Waals surface area (Å²) in [5, 5.41) is 0. The molecule has 3 heteroatoms. The van der Waals surface area contributed by atoms with E-state index in [0.717, 1.165) is 16.9 Å². The van der Waals surface area contributed by atoms with Gasteiger partial charge in [0.2, 0.25) is 0 Å². The first-order valence-corrected chi connectivity index (χ1v) is 4.77. The van der Waals surface area contributed by atoms with Gasteiger partial charge in [0.05, 0.1) is 0 Å². The van der Waals surface area contributed by atoms with Gasteiger partial charge in [0, 0.05) is 6.42 Å². The maximum absolute atomic E-state index is 5.61. The molecule has 2 nitrogen and oxygen atoms in total. The Labute approximate surface area is 81.3 Å². The summed E-state index contributed by atoms with van der Waals surface area (Å²) in [6.07, 6.45) is 0.884. The molecule has 1 aromatic heterocycles. The van der Waals surface area contributed by atoms with Crippen LogP contribution in [0.1, 0.15) is 19.6 Å².